The van der Waals surface area contributed by atoms with E-state index >= 15 is 0 Å². The number of nitrogens with zero attached hydrogens (tertiary/aromatic N) is 4. The fourth-order valence-electron chi connectivity index (χ4n) is 3.72. The Hall–Kier alpha value is -2.19. The number of hydrogen-bond acceptors (Lipinski definition) is 4. The summed E-state index contributed by atoms with van der Waals surface area (Å²) in [5.74, 6) is 0.947. The van der Waals surface area contributed by atoms with Crippen LogP contribution in [0.2, 0.25) is 0 Å². The summed E-state index contributed by atoms with van der Waals surface area (Å²) in [7, 11) is -3.36. The van der Waals surface area contributed by atoms with Crippen LogP contribution in [0.4, 0.5) is 0 Å². The van der Waals surface area contributed by atoms with Crippen LogP contribution in [0.3, 0.4) is 0 Å². The van der Waals surface area contributed by atoms with E-state index in [2.05, 4.69) is 4.98 Å². The summed E-state index contributed by atoms with van der Waals surface area (Å²) in [5, 5.41) is 0. The van der Waals surface area contributed by atoms with Crippen LogP contribution in [0.25, 0.3) is 0 Å². The maximum absolute atomic E-state index is 12.6. The topological polar surface area (TPSA) is 75.5 Å². The average Bonchev–Trinajstić information content (AvgIpc) is 3.29. The molecular weight excluding hydrogens is 376 g/mol. The number of hydrogen-bond donors (Lipinski definition) is 0. The molecule has 0 N–H and O–H groups in total. The monoisotopic (exact) mass is 404 g/mol. The average molecular weight is 405 g/mol. The second kappa shape index (κ2) is 8.87. The van der Waals surface area contributed by atoms with Gasteiger partial charge in [-0.25, -0.2) is 13.4 Å². The third-order valence-corrected chi connectivity index (χ3v) is 6.64. The van der Waals surface area contributed by atoms with Gasteiger partial charge in [0.15, 0.2) is 0 Å². The molecule has 1 saturated heterocycles. The smallest absolute Gasteiger partial charge is 0.222 e. The number of likely N-dealkylation sites (tertiary alicyclic amines) is 1. The van der Waals surface area contributed by atoms with Crippen molar-refractivity contribution in [3.63, 3.8) is 0 Å². The molecule has 1 amide bonds. The molecule has 1 aromatic heterocycles. The molecule has 0 saturated carbocycles. The Morgan fingerprint density at radius 2 is 2.04 bits per heavy atom. The Labute approximate surface area is 167 Å². The summed E-state index contributed by atoms with van der Waals surface area (Å²) in [4.78, 5) is 18.5. The van der Waals surface area contributed by atoms with Crippen LogP contribution in [-0.4, -0.2) is 65.0 Å². The van der Waals surface area contributed by atoms with Crippen molar-refractivity contribution in [3.8, 4) is 0 Å². The van der Waals surface area contributed by atoms with Crippen LogP contribution in [0.15, 0.2) is 42.7 Å². The fraction of sp³-hybridized carbons (Fsp3) is 0.500. The van der Waals surface area contributed by atoms with E-state index in [9.17, 15) is 13.2 Å². The number of sulfonamides is 1. The standard InChI is InChI=1S/C20H28N4O3S/c1-17-21-11-13-22(17)14-15-24(28(2,26)27)19-10-12-23(16-19)20(25)9-8-18-6-4-3-5-7-18/h3-7,11,13,19H,8-10,12,14-16H2,1-2H3. The van der Waals surface area contributed by atoms with Crippen LogP contribution < -0.4 is 0 Å². The summed E-state index contributed by atoms with van der Waals surface area (Å²) in [6.07, 6.45) is 6.63. The molecule has 28 heavy (non-hydrogen) atoms. The van der Waals surface area contributed by atoms with E-state index in [0.717, 1.165) is 11.4 Å². The van der Waals surface area contributed by atoms with Gasteiger partial charge in [-0.1, -0.05) is 30.3 Å². The largest absolute Gasteiger partial charge is 0.341 e. The van der Waals surface area contributed by atoms with Crippen molar-refractivity contribution in [1.82, 2.24) is 18.8 Å². The van der Waals surface area contributed by atoms with Crippen LogP contribution in [0.5, 0.6) is 0 Å². The SMILES string of the molecule is Cc1nccn1CCN(C1CCN(C(=O)CCc2ccccc2)C1)S(C)(=O)=O. The van der Waals surface area contributed by atoms with Crippen LogP contribution in [0.1, 0.15) is 24.2 Å². The highest BCUT2D eigenvalue weighted by Crippen LogP contribution is 2.20. The minimum Gasteiger partial charge on any atom is -0.341 e. The van der Waals surface area contributed by atoms with Crippen molar-refractivity contribution in [2.24, 2.45) is 0 Å². The van der Waals surface area contributed by atoms with E-state index in [4.69, 9.17) is 0 Å². The van der Waals surface area contributed by atoms with E-state index in [-0.39, 0.29) is 11.9 Å². The van der Waals surface area contributed by atoms with Crippen molar-refractivity contribution in [3.05, 3.63) is 54.1 Å². The van der Waals surface area contributed by atoms with Gasteiger partial charge < -0.3 is 9.47 Å². The number of imidazole rings is 1. The van der Waals surface area contributed by atoms with Crippen molar-refractivity contribution >= 4 is 15.9 Å². The first-order valence-corrected chi connectivity index (χ1v) is 11.5. The van der Waals surface area contributed by atoms with Crippen molar-refractivity contribution in [2.75, 3.05) is 25.9 Å². The van der Waals surface area contributed by atoms with Gasteiger partial charge in [0, 0.05) is 51.0 Å². The molecule has 0 radical (unpaired) electrons. The normalized spacial score (nSPS) is 17.4. The Morgan fingerprint density at radius 3 is 2.68 bits per heavy atom. The molecule has 1 aliphatic heterocycles. The molecule has 152 valence electrons. The van der Waals surface area contributed by atoms with Crippen molar-refractivity contribution < 1.29 is 13.2 Å². The first-order valence-electron chi connectivity index (χ1n) is 9.61. The summed E-state index contributed by atoms with van der Waals surface area (Å²) in [6.45, 7) is 3.90. The molecule has 0 bridgehead atoms. The molecule has 1 aromatic carbocycles. The van der Waals surface area contributed by atoms with Crippen molar-refractivity contribution in [1.29, 1.82) is 0 Å². The maximum atomic E-state index is 12.6. The number of carbonyl (C=O) groups excluding carboxylic acids is 1. The van der Waals surface area contributed by atoms with E-state index in [0.29, 0.717) is 45.4 Å². The molecule has 3 rings (SSSR count). The second-order valence-electron chi connectivity index (χ2n) is 7.31. The van der Waals surface area contributed by atoms with Crippen LogP contribution in [-0.2, 0) is 27.8 Å². The Morgan fingerprint density at radius 1 is 1.29 bits per heavy atom. The third kappa shape index (κ3) is 5.20. The number of amides is 1. The molecule has 2 heterocycles. The van der Waals surface area contributed by atoms with Gasteiger partial charge in [0.2, 0.25) is 15.9 Å². The number of aromatic nitrogens is 2. The summed E-state index contributed by atoms with van der Waals surface area (Å²) in [6, 6.07) is 9.77. The van der Waals surface area contributed by atoms with Gasteiger partial charge in [0.05, 0.1) is 6.26 Å². The Kier molecular flexibility index (Phi) is 6.51. The summed E-state index contributed by atoms with van der Waals surface area (Å²) >= 11 is 0. The van der Waals surface area contributed by atoms with Crippen molar-refractivity contribution in [2.45, 2.75) is 38.8 Å². The highest BCUT2D eigenvalue weighted by molar-refractivity contribution is 7.88. The van der Waals surface area contributed by atoms with Crippen LogP contribution >= 0.6 is 0 Å². The molecule has 1 unspecified atom stereocenters. The van der Waals surface area contributed by atoms with Gasteiger partial charge >= 0.3 is 0 Å². The van der Waals surface area contributed by atoms with E-state index in [1.165, 1.54) is 10.6 Å². The molecule has 8 heteroatoms. The zero-order valence-corrected chi connectivity index (χ0v) is 17.3. The second-order valence-corrected chi connectivity index (χ2v) is 9.24. The molecule has 7 nitrogen and oxygen atoms in total. The third-order valence-electron chi connectivity index (χ3n) is 5.30. The minimum atomic E-state index is -3.36. The van der Waals surface area contributed by atoms with Gasteiger partial charge in [-0.2, -0.15) is 4.31 Å². The lowest BCUT2D eigenvalue weighted by Gasteiger charge is -2.27. The number of carbonyl (C=O) groups is 1. The first-order chi connectivity index (χ1) is 13.3. The lowest BCUT2D eigenvalue weighted by Crippen LogP contribution is -2.43. The summed E-state index contributed by atoms with van der Waals surface area (Å²) in [5.41, 5.74) is 1.14. The molecule has 1 atom stereocenters. The molecule has 2 aromatic rings. The fourth-order valence-corrected chi connectivity index (χ4v) is 4.85. The first kappa shape index (κ1) is 20.5. The van der Waals surface area contributed by atoms with E-state index < -0.39 is 10.0 Å². The van der Waals surface area contributed by atoms with Gasteiger partial charge in [-0.15, -0.1) is 0 Å². The Balaban J connectivity index is 1.57. The molecule has 1 fully saturated rings. The van der Waals surface area contributed by atoms with E-state index in [1.807, 2.05) is 48.0 Å². The highest BCUT2D eigenvalue weighted by Gasteiger charge is 2.34. The lowest BCUT2D eigenvalue weighted by molar-refractivity contribution is -0.130. The zero-order chi connectivity index (χ0) is 20.1. The highest BCUT2D eigenvalue weighted by atomic mass is 32.2. The summed E-state index contributed by atoms with van der Waals surface area (Å²) < 4.78 is 28.2. The minimum absolute atomic E-state index is 0.0882. The number of aryl methyl sites for hydroxylation is 2. The maximum Gasteiger partial charge on any atom is 0.222 e. The molecule has 0 spiro atoms. The molecule has 0 aliphatic carbocycles. The van der Waals surface area contributed by atoms with Gasteiger partial charge in [0.1, 0.15) is 5.82 Å². The number of rotatable bonds is 8. The lowest BCUT2D eigenvalue weighted by atomic mass is 10.1. The molecule has 1 aliphatic rings. The Bertz CT molecular complexity index is 895. The van der Waals surface area contributed by atoms with Gasteiger partial charge in [-0.3, -0.25) is 4.79 Å². The van der Waals surface area contributed by atoms with Gasteiger partial charge in [-0.05, 0) is 25.3 Å². The zero-order valence-electron chi connectivity index (χ0n) is 16.5. The van der Waals surface area contributed by atoms with E-state index in [1.54, 1.807) is 11.1 Å². The predicted molar refractivity (Wildman–Crippen MR) is 108 cm³/mol. The predicted octanol–water partition coefficient (Wildman–Crippen LogP) is 1.69. The van der Waals surface area contributed by atoms with Crippen LogP contribution in [0, 0.1) is 6.92 Å². The number of benzene rings is 1. The van der Waals surface area contributed by atoms with Gasteiger partial charge in [0.25, 0.3) is 0 Å². The molecular formula is C20H28N4O3S. The quantitative estimate of drug-likeness (QED) is 0.671.